The number of sulfone groups is 1. The zero-order valence-corrected chi connectivity index (χ0v) is 14.0. The summed E-state index contributed by atoms with van der Waals surface area (Å²) in [6, 6.07) is 7.00. The summed E-state index contributed by atoms with van der Waals surface area (Å²) in [5, 5.41) is 5.61. The molecule has 2 fully saturated rings. The Labute approximate surface area is 141 Å². The molecular formula is C17H20N2O4S. The van der Waals surface area contributed by atoms with Crippen molar-refractivity contribution in [2.75, 3.05) is 11.5 Å². The van der Waals surface area contributed by atoms with Crippen LogP contribution < -0.4 is 10.6 Å². The summed E-state index contributed by atoms with van der Waals surface area (Å²) in [5.74, 6) is -0.246. The second kappa shape index (κ2) is 6.76. The van der Waals surface area contributed by atoms with Crippen LogP contribution in [0.25, 0.3) is 6.08 Å². The van der Waals surface area contributed by atoms with Crippen LogP contribution in [0.5, 0.6) is 0 Å². The van der Waals surface area contributed by atoms with Crippen molar-refractivity contribution in [1.82, 2.24) is 10.6 Å². The number of rotatable bonds is 5. The van der Waals surface area contributed by atoms with Crippen molar-refractivity contribution in [3.8, 4) is 0 Å². The first-order valence-electron chi connectivity index (χ1n) is 8.01. The Balaban J connectivity index is 1.52. The molecule has 1 unspecified atom stereocenters. The van der Waals surface area contributed by atoms with Crippen LogP contribution >= 0.6 is 0 Å². The fraction of sp³-hybridized carbons (Fsp3) is 0.412. The maximum absolute atomic E-state index is 11.9. The SMILES string of the molecule is O=C(/C=C/c1ccc(C(=O)NC2CC2)cc1)NC1CCS(=O)(=O)C1. The summed E-state index contributed by atoms with van der Waals surface area (Å²) < 4.78 is 22.7. The fourth-order valence-corrected chi connectivity index (χ4v) is 4.25. The molecule has 7 heteroatoms. The van der Waals surface area contributed by atoms with Gasteiger partial charge in [-0.3, -0.25) is 9.59 Å². The fourth-order valence-electron chi connectivity index (χ4n) is 2.57. The summed E-state index contributed by atoms with van der Waals surface area (Å²) in [6.07, 6.45) is 5.58. The van der Waals surface area contributed by atoms with Crippen molar-refractivity contribution in [3.63, 3.8) is 0 Å². The molecule has 1 aliphatic carbocycles. The minimum Gasteiger partial charge on any atom is -0.349 e. The third kappa shape index (κ3) is 4.67. The molecular weight excluding hydrogens is 328 g/mol. The lowest BCUT2D eigenvalue weighted by atomic mass is 10.1. The summed E-state index contributed by atoms with van der Waals surface area (Å²) in [6.45, 7) is 0. The number of carbonyl (C=O) groups is 2. The summed E-state index contributed by atoms with van der Waals surface area (Å²) in [5.41, 5.74) is 1.40. The molecule has 0 spiro atoms. The van der Waals surface area contributed by atoms with E-state index >= 15 is 0 Å². The Morgan fingerprint density at radius 2 is 1.71 bits per heavy atom. The van der Waals surface area contributed by atoms with Crippen molar-refractivity contribution >= 4 is 27.7 Å². The van der Waals surface area contributed by atoms with E-state index in [0.29, 0.717) is 18.0 Å². The molecule has 128 valence electrons. The molecule has 3 rings (SSSR count). The van der Waals surface area contributed by atoms with Crippen molar-refractivity contribution in [2.24, 2.45) is 0 Å². The number of hydrogen-bond donors (Lipinski definition) is 2. The topological polar surface area (TPSA) is 92.3 Å². The second-order valence-corrected chi connectivity index (χ2v) is 8.54. The van der Waals surface area contributed by atoms with Crippen LogP contribution in [0.1, 0.15) is 35.2 Å². The van der Waals surface area contributed by atoms with Gasteiger partial charge in [0, 0.05) is 23.7 Å². The van der Waals surface area contributed by atoms with Gasteiger partial charge in [-0.25, -0.2) is 8.42 Å². The monoisotopic (exact) mass is 348 g/mol. The molecule has 1 aromatic rings. The number of amides is 2. The number of benzene rings is 1. The third-order valence-corrected chi connectivity index (χ3v) is 5.86. The van der Waals surface area contributed by atoms with E-state index in [4.69, 9.17) is 0 Å². The number of hydrogen-bond acceptors (Lipinski definition) is 4. The van der Waals surface area contributed by atoms with Gasteiger partial charge >= 0.3 is 0 Å². The molecule has 2 amide bonds. The van der Waals surface area contributed by atoms with E-state index in [1.807, 2.05) is 0 Å². The highest BCUT2D eigenvalue weighted by molar-refractivity contribution is 7.91. The highest BCUT2D eigenvalue weighted by Crippen LogP contribution is 2.19. The lowest BCUT2D eigenvalue weighted by Crippen LogP contribution is -2.34. The maximum Gasteiger partial charge on any atom is 0.251 e. The van der Waals surface area contributed by atoms with Gasteiger partial charge in [0.15, 0.2) is 9.84 Å². The van der Waals surface area contributed by atoms with E-state index in [0.717, 1.165) is 18.4 Å². The van der Waals surface area contributed by atoms with Gasteiger partial charge < -0.3 is 10.6 Å². The maximum atomic E-state index is 11.9. The molecule has 0 radical (unpaired) electrons. The molecule has 1 aromatic carbocycles. The Bertz CT molecular complexity index is 764. The highest BCUT2D eigenvalue weighted by Gasteiger charge is 2.28. The van der Waals surface area contributed by atoms with Gasteiger partial charge in [0.1, 0.15) is 0 Å². The Morgan fingerprint density at radius 1 is 1.00 bits per heavy atom. The lowest BCUT2D eigenvalue weighted by molar-refractivity contribution is -0.116. The average Bonchev–Trinajstić information content (AvgIpc) is 3.28. The highest BCUT2D eigenvalue weighted by atomic mass is 32.2. The first kappa shape index (κ1) is 16.7. The zero-order valence-electron chi connectivity index (χ0n) is 13.2. The van der Waals surface area contributed by atoms with E-state index in [9.17, 15) is 18.0 Å². The van der Waals surface area contributed by atoms with Crippen molar-refractivity contribution in [2.45, 2.75) is 31.3 Å². The number of carbonyl (C=O) groups excluding carboxylic acids is 2. The summed E-state index contributed by atoms with van der Waals surface area (Å²) in [4.78, 5) is 23.7. The van der Waals surface area contributed by atoms with Gasteiger partial charge in [-0.05, 0) is 43.0 Å². The van der Waals surface area contributed by atoms with Crippen molar-refractivity contribution < 1.29 is 18.0 Å². The van der Waals surface area contributed by atoms with Crippen LogP contribution in [0.3, 0.4) is 0 Å². The average molecular weight is 348 g/mol. The predicted molar refractivity (Wildman–Crippen MR) is 91.2 cm³/mol. The van der Waals surface area contributed by atoms with Gasteiger partial charge in [-0.1, -0.05) is 12.1 Å². The first-order chi connectivity index (χ1) is 11.4. The quantitative estimate of drug-likeness (QED) is 0.773. The van der Waals surface area contributed by atoms with Gasteiger partial charge in [0.05, 0.1) is 11.5 Å². The smallest absolute Gasteiger partial charge is 0.251 e. The molecule has 2 aliphatic rings. The first-order valence-corrected chi connectivity index (χ1v) is 9.83. The normalized spacial score (nSPS) is 22.4. The Kier molecular flexibility index (Phi) is 4.71. The molecule has 1 saturated carbocycles. The minimum absolute atomic E-state index is 0.0113. The molecule has 0 aromatic heterocycles. The molecule has 0 bridgehead atoms. The van der Waals surface area contributed by atoms with Gasteiger partial charge in [0.2, 0.25) is 5.91 Å². The molecule has 6 nitrogen and oxygen atoms in total. The van der Waals surface area contributed by atoms with Crippen LogP contribution in [-0.4, -0.2) is 43.8 Å². The van der Waals surface area contributed by atoms with Crippen LogP contribution in [0.15, 0.2) is 30.3 Å². The molecule has 2 N–H and O–H groups in total. The zero-order chi connectivity index (χ0) is 17.2. The molecule has 24 heavy (non-hydrogen) atoms. The largest absolute Gasteiger partial charge is 0.349 e. The van der Waals surface area contributed by atoms with E-state index in [2.05, 4.69) is 10.6 Å². The van der Waals surface area contributed by atoms with E-state index in [1.54, 1.807) is 30.3 Å². The molecule has 1 aliphatic heterocycles. The van der Waals surface area contributed by atoms with E-state index in [-0.39, 0.29) is 29.4 Å². The molecule has 1 atom stereocenters. The van der Waals surface area contributed by atoms with Gasteiger partial charge in [0.25, 0.3) is 5.91 Å². The number of nitrogens with one attached hydrogen (secondary N) is 2. The van der Waals surface area contributed by atoms with Crippen LogP contribution in [-0.2, 0) is 14.6 Å². The molecule has 1 heterocycles. The van der Waals surface area contributed by atoms with Crippen LogP contribution in [0.2, 0.25) is 0 Å². The van der Waals surface area contributed by atoms with Gasteiger partial charge in [-0.2, -0.15) is 0 Å². The third-order valence-electron chi connectivity index (χ3n) is 4.09. The van der Waals surface area contributed by atoms with Crippen molar-refractivity contribution in [1.29, 1.82) is 0 Å². The van der Waals surface area contributed by atoms with Crippen molar-refractivity contribution in [3.05, 3.63) is 41.5 Å². The Morgan fingerprint density at radius 3 is 2.29 bits per heavy atom. The minimum atomic E-state index is -3.00. The summed E-state index contributed by atoms with van der Waals surface area (Å²) >= 11 is 0. The van der Waals surface area contributed by atoms with E-state index in [1.165, 1.54) is 6.08 Å². The standard InChI is InChI=1S/C17H20N2O4S/c20-16(18-15-9-10-24(22,23)11-15)8-3-12-1-4-13(5-2-12)17(21)19-14-6-7-14/h1-5,8,14-15H,6-7,9-11H2,(H,18,20)(H,19,21)/b8-3+. The predicted octanol–water partition coefficient (Wildman–Crippen LogP) is 0.895. The summed E-state index contributed by atoms with van der Waals surface area (Å²) in [7, 11) is -3.00. The van der Waals surface area contributed by atoms with Gasteiger partial charge in [-0.15, -0.1) is 0 Å². The second-order valence-electron chi connectivity index (χ2n) is 6.31. The lowest BCUT2D eigenvalue weighted by Gasteiger charge is -2.08. The Hall–Kier alpha value is -2.15. The van der Waals surface area contributed by atoms with Crippen LogP contribution in [0, 0.1) is 0 Å². The van der Waals surface area contributed by atoms with Crippen LogP contribution in [0.4, 0.5) is 0 Å². The van der Waals surface area contributed by atoms with E-state index < -0.39 is 9.84 Å². The molecule has 1 saturated heterocycles.